The zero-order chi connectivity index (χ0) is 57.8. The van der Waals surface area contributed by atoms with Crippen LogP contribution in [0.25, 0.3) is 0 Å². The predicted molar refractivity (Wildman–Crippen MR) is 349 cm³/mol. The summed E-state index contributed by atoms with van der Waals surface area (Å²) in [4.78, 5) is 38.4. The summed E-state index contributed by atoms with van der Waals surface area (Å²) in [5, 5.41) is 0. The summed E-state index contributed by atoms with van der Waals surface area (Å²) in [5.41, 5.74) is 0. The van der Waals surface area contributed by atoms with Gasteiger partial charge in [0.25, 0.3) is 0 Å². The first-order valence-corrected chi connectivity index (χ1v) is 37.0. The smallest absolute Gasteiger partial charge is 0.306 e. The van der Waals surface area contributed by atoms with Crippen molar-refractivity contribution < 1.29 is 28.6 Å². The molecule has 0 aliphatic carbocycles. The van der Waals surface area contributed by atoms with Crippen LogP contribution in [-0.2, 0) is 28.6 Å². The third-order valence-corrected chi connectivity index (χ3v) is 17.4. The van der Waals surface area contributed by atoms with E-state index in [9.17, 15) is 14.4 Å². The molecule has 0 saturated heterocycles. The summed E-state index contributed by atoms with van der Waals surface area (Å²) < 4.78 is 17.0. The second-order valence-corrected chi connectivity index (χ2v) is 25.6. The van der Waals surface area contributed by atoms with Crippen molar-refractivity contribution in [3.05, 3.63) is 0 Å². The van der Waals surface area contributed by atoms with Gasteiger partial charge in [-0.3, -0.25) is 14.4 Å². The average molecular weight is 1130 g/mol. The Morgan fingerprint density at radius 3 is 0.500 bits per heavy atom. The molecule has 6 heteroatoms. The van der Waals surface area contributed by atoms with Gasteiger partial charge in [0.05, 0.1) is 0 Å². The summed E-state index contributed by atoms with van der Waals surface area (Å²) in [6.45, 7) is 6.75. The second-order valence-electron chi connectivity index (χ2n) is 25.6. The highest BCUT2D eigenvalue weighted by molar-refractivity contribution is 5.71. The van der Waals surface area contributed by atoms with Crippen LogP contribution in [0.2, 0.25) is 0 Å². The SMILES string of the molecule is CCCCCCCCCCCCCCCCCCCCCCCCCCCCCCC(=O)OCC(COC(=O)CCCCCCCCCCCCCCC)OC(=O)CCCCCCCCCCCCCCCCCCCCCCC. The Hall–Kier alpha value is -1.59. The molecule has 80 heavy (non-hydrogen) atoms. The first-order valence-electron chi connectivity index (χ1n) is 37.0. The summed E-state index contributed by atoms with van der Waals surface area (Å²) in [7, 11) is 0. The Morgan fingerprint density at radius 1 is 0.200 bits per heavy atom. The summed E-state index contributed by atoms with van der Waals surface area (Å²) >= 11 is 0. The minimum absolute atomic E-state index is 0.0601. The fourth-order valence-electron chi connectivity index (χ4n) is 11.8. The van der Waals surface area contributed by atoms with Crippen molar-refractivity contribution in [2.45, 2.75) is 444 Å². The minimum Gasteiger partial charge on any atom is -0.462 e. The maximum absolute atomic E-state index is 13.0. The molecule has 0 rings (SSSR count). The lowest BCUT2D eigenvalue weighted by Crippen LogP contribution is -2.30. The molecule has 1 atom stereocenters. The molecule has 0 aliphatic heterocycles. The zero-order valence-electron chi connectivity index (χ0n) is 54.9. The highest BCUT2D eigenvalue weighted by Crippen LogP contribution is 2.20. The molecule has 0 aromatic rings. The number of ether oxygens (including phenoxy) is 3. The van der Waals surface area contributed by atoms with E-state index in [2.05, 4.69) is 20.8 Å². The molecule has 1 unspecified atom stereocenters. The van der Waals surface area contributed by atoms with Crippen LogP contribution in [0.5, 0.6) is 0 Å². The molecule has 0 saturated carbocycles. The standard InChI is InChI=1S/C74H144O6/c1-4-7-10-13-16-19-22-25-27-29-31-33-34-35-36-37-38-39-41-42-44-46-49-52-55-58-61-64-67-73(76)79-70-71(69-78-72(75)66-63-60-57-54-51-48-24-21-18-15-12-9-6-3)80-74(77)68-65-62-59-56-53-50-47-45-43-40-32-30-28-26-23-20-17-14-11-8-5-2/h71H,4-70H2,1-3H3. The van der Waals surface area contributed by atoms with Crippen LogP contribution in [0.15, 0.2) is 0 Å². The second kappa shape index (κ2) is 69.9. The van der Waals surface area contributed by atoms with E-state index < -0.39 is 6.10 Å². The quantitative estimate of drug-likeness (QED) is 0.0343. The van der Waals surface area contributed by atoms with Crippen LogP contribution < -0.4 is 0 Å². The van der Waals surface area contributed by atoms with Gasteiger partial charge in [-0.25, -0.2) is 0 Å². The van der Waals surface area contributed by atoms with Crippen molar-refractivity contribution in [3.63, 3.8) is 0 Å². The molecule has 0 radical (unpaired) electrons. The fourth-order valence-corrected chi connectivity index (χ4v) is 11.8. The molecule has 0 spiro atoms. The lowest BCUT2D eigenvalue weighted by Gasteiger charge is -2.18. The van der Waals surface area contributed by atoms with E-state index in [1.807, 2.05) is 0 Å². The van der Waals surface area contributed by atoms with E-state index in [1.165, 1.54) is 340 Å². The van der Waals surface area contributed by atoms with Gasteiger partial charge in [-0.05, 0) is 19.3 Å². The summed E-state index contributed by atoms with van der Waals surface area (Å²) in [6, 6.07) is 0. The Labute approximate surface area is 501 Å². The van der Waals surface area contributed by atoms with E-state index in [-0.39, 0.29) is 31.1 Å². The molecule has 6 nitrogen and oxygen atoms in total. The molecular weight excluding hydrogens is 985 g/mol. The molecule has 0 amide bonds. The van der Waals surface area contributed by atoms with Crippen molar-refractivity contribution in [3.8, 4) is 0 Å². The van der Waals surface area contributed by atoms with E-state index in [0.29, 0.717) is 19.3 Å². The monoisotopic (exact) mass is 1130 g/mol. The number of rotatable bonds is 70. The van der Waals surface area contributed by atoms with E-state index in [4.69, 9.17) is 14.2 Å². The van der Waals surface area contributed by atoms with Crippen molar-refractivity contribution in [2.75, 3.05) is 13.2 Å². The van der Waals surface area contributed by atoms with Gasteiger partial charge in [-0.2, -0.15) is 0 Å². The van der Waals surface area contributed by atoms with Gasteiger partial charge in [0, 0.05) is 19.3 Å². The molecule has 0 aromatic heterocycles. The van der Waals surface area contributed by atoms with Crippen molar-refractivity contribution >= 4 is 17.9 Å². The first-order chi connectivity index (χ1) is 39.5. The number of unbranched alkanes of at least 4 members (excludes halogenated alkanes) is 59. The third-order valence-electron chi connectivity index (χ3n) is 17.4. The number of carbonyl (C=O) groups is 3. The Kier molecular flexibility index (Phi) is 68.5. The summed E-state index contributed by atoms with van der Waals surface area (Å²) in [5.74, 6) is -0.818. The normalized spacial score (nSPS) is 11.9. The van der Waals surface area contributed by atoms with Crippen LogP contribution in [0.4, 0.5) is 0 Å². The van der Waals surface area contributed by atoms with Crippen LogP contribution >= 0.6 is 0 Å². The zero-order valence-corrected chi connectivity index (χ0v) is 54.9. The Bertz CT molecular complexity index is 1200. The highest BCUT2D eigenvalue weighted by Gasteiger charge is 2.20. The van der Waals surface area contributed by atoms with Crippen molar-refractivity contribution in [2.24, 2.45) is 0 Å². The van der Waals surface area contributed by atoms with E-state index in [0.717, 1.165) is 57.8 Å². The largest absolute Gasteiger partial charge is 0.462 e. The maximum Gasteiger partial charge on any atom is 0.306 e. The molecule has 0 heterocycles. The lowest BCUT2D eigenvalue weighted by atomic mass is 10.0. The van der Waals surface area contributed by atoms with Gasteiger partial charge in [0.1, 0.15) is 13.2 Å². The molecule has 0 aromatic carbocycles. The van der Waals surface area contributed by atoms with Gasteiger partial charge in [-0.15, -0.1) is 0 Å². The molecule has 0 fully saturated rings. The number of hydrogen-bond donors (Lipinski definition) is 0. The van der Waals surface area contributed by atoms with Gasteiger partial charge < -0.3 is 14.2 Å². The maximum atomic E-state index is 13.0. The average Bonchev–Trinajstić information content (AvgIpc) is 3.46. The highest BCUT2D eigenvalue weighted by atomic mass is 16.6. The Balaban J connectivity index is 4.15. The van der Waals surface area contributed by atoms with E-state index in [1.54, 1.807) is 0 Å². The fraction of sp³-hybridized carbons (Fsp3) is 0.959. The van der Waals surface area contributed by atoms with Gasteiger partial charge >= 0.3 is 17.9 Å². The van der Waals surface area contributed by atoms with Crippen molar-refractivity contribution in [1.29, 1.82) is 0 Å². The number of carbonyl (C=O) groups excluding carboxylic acids is 3. The third kappa shape index (κ3) is 67.2. The Morgan fingerprint density at radius 2 is 0.338 bits per heavy atom. The lowest BCUT2D eigenvalue weighted by molar-refractivity contribution is -0.167. The summed E-state index contributed by atoms with van der Waals surface area (Å²) in [6.07, 6.45) is 82.9. The molecule has 0 aliphatic rings. The molecule has 0 N–H and O–H groups in total. The minimum atomic E-state index is -0.763. The van der Waals surface area contributed by atoms with Gasteiger partial charge in [0.15, 0.2) is 6.10 Å². The van der Waals surface area contributed by atoms with Crippen LogP contribution in [0.3, 0.4) is 0 Å². The van der Waals surface area contributed by atoms with Crippen LogP contribution in [0.1, 0.15) is 438 Å². The topological polar surface area (TPSA) is 78.9 Å². The molecule has 476 valence electrons. The number of esters is 3. The van der Waals surface area contributed by atoms with Gasteiger partial charge in [-0.1, -0.05) is 400 Å². The predicted octanol–water partition coefficient (Wildman–Crippen LogP) is 25.4. The molecular formula is C74H144O6. The first kappa shape index (κ1) is 78.4. The van der Waals surface area contributed by atoms with Crippen LogP contribution in [0, 0.1) is 0 Å². The van der Waals surface area contributed by atoms with E-state index >= 15 is 0 Å². The molecule has 0 bridgehead atoms. The number of hydrogen-bond acceptors (Lipinski definition) is 6. The van der Waals surface area contributed by atoms with Crippen LogP contribution in [-0.4, -0.2) is 37.2 Å². The van der Waals surface area contributed by atoms with Crippen molar-refractivity contribution in [1.82, 2.24) is 0 Å². The van der Waals surface area contributed by atoms with Gasteiger partial charge in [0.2, 0.25) is 0 Å².